The minimum absolute atomic E-state index is 0.0761. The third-order valence-corrected chi connectivity index (χ3v) is 2.05. The number of carboxylic acids is 1. The van der Waals surface area contributed by atoms with Crippen LogP contribution in [0.25, 0.3) is 0 Å². The molecule has 0 aromatic heterocycles. The second kappa shape index (κ2) is 6.15. The maximum atomic E-state index is 11.4. The highest BCUT2D eigenvalue weighted by atomic mass is 16.4. The van der Waals surface area contributed by atoms with Crippen molar-refractivity contribution < 1.29 is 24.3 Å². The second-order valence-electron chi connectivity index (χ2n) is 3.34. The number of nitrogens with one attached hydrogen (secondary N) is 3. The summed E-state index contributed by atoms with van der Waals surface area (Å²) < 4.78 is 0. The molecular formula is C11H11N3O5. The molecular weight excluding hydrogens is 254 g/mol. The van der Waals surface area contributed by atoms with E-state index in [9.17, 15) is 19.2 Å². The molecule has 0 saturated heterocycles. The number of amides is 3. The topological polar surface area (TPSA) is 125 Å². The van der Waals surface area contributed by atoms with Crippen LogP contribution in [0.4, 0.5) is 11.4 Å². The maximum absolute atomic E-state index is 11.4. The van der Waals surface area contributed by atoms with Crippen LogP contribution in [0.2, 0.25) is 0 Å². The Kier molecular flexibility index (Phi) is 4.58. The molecule has 0 unspecified atom stereocenters. The first kappa shape index (κ1) is 14.2. The number of anilines is 2. The fourth-order valence-corrected chi connectivity index (χ4v) is 1.17. The SMILES string of the molecule is CNC(=O)C(=O)Nc1ccccc1NC(=O)C(=O)O. The monoisotopic (exact) mass is 265 g/mol. The number of carboxylic acid groups (broad SMARTS) is 1. The van der Waals surface area contributed by atoms with Crippen molar-refractivity contribution in [3.63, 3.8) is 0 Å². The molecule has 0 aliphatic carbocycles. The number of hydrogen-bond donors (Lipinski definition) is 4. The molecule has 0 aliphatic heterocycles. The molecule has 1 aromatic rings. The van der Waals surface area contributed by atoms with Crippen molar-refractivity contribution in [1.29, 1.82) is 0 Å². The summed E-state index contributed by atoms with van der Waals surface area (Å²) in [5, 5.41) is 14.9. The summed E-state index contributed by atoms with van der Waals surface area (Å²) >= 11 is 0. The van der Waals surface area contributed by atoms with Gasteiger partial charge in [0, 0.05) is 7.05 Å². The molecule has 19 heavy (non-hydrogen) atoms. The van der Waals surface area contributed by atoms with E-state index in [1.54, 1.807) is 6.07 Å². The summed E-state index contributed by atoms with van der Waals surface area (Å²) in [6.07, 6.45) is 0. The summed E-state index contributed by atoms with van der Waals surface area (Å²) in [6.45, 7) is 0. The van der Waals surface area contributed by atoms with E-state index in [1.165, 1.54) is 25.2 Å². The Balaban J connectivity index is 2.90. The molecule has 0 bridgehead atoms. The summed E-state index contributed by atoms with van der Waals surface area (Å²) in [5.41, 5.74) is 0.192. The summed E-state index contributed by atoms with van der Waals surface area (Å²) in [4.78, 5) is 43.9. The highest BCUT2D eigenvalue weighted by molar-refractivity contribution is 6.40. The third kappa shape index (κ3) is 3.80. The summed E-state index contributed by atoms with van der Waals surface area (Å²) in [5.74, 6) is -4.70. The van der Waals surface area contributed by atoms with Gasteiger partial charge in [-0.05, 0) is 12.1 Å². The number of aliphatic carboxylic acids is 1. The first-order valence-corrected chi connectivity index (χ1v) is 5.12. The number of likely N-dealkylation sites (N-methyl/N-ethyl adjacent to an activating group) is 1. The fraction of sp³-hybridized carbons (Fsp3) is 0.0909. The minimum Gasteiger partial charge on any atom is -0.474 e. The van der Waals surface area contributed by atoms with Crippen LogP contribution in [0, 0.1) is 0 Å². The Bertz CT molecular complexity index is 541. The quantitative estimate of drug-likeness (QED) is 0.531. The Labute approximate surface area is 107 Å². The zero-order valence-corrected chi connectivity index (χ0v) is 9.89. The van der Waals surface area contributed by atoms with Gasteiger partial charge in [0.05, 0.1) is 11.4 Å². The van der Waals surface area contributed by atoms with Gasteiger partial charge < -0.3 is 21.1 Å². The standard InChI is InChI=1S/C11H11N3O5/c1-12-8(15)9(16)13-6-4-2-3-5-7(6)14-10(17)11(18)19/h2-5H,1H3,(H,12,15)(H,13,16)(H,14,17)(H,18,19). The Morgan fingerprint density at radius 3 is 1.79 bits per heavy atom. The van der Waals surface area contributed by atoms with Crippen molar-refractivity contribution in [1.82, 2.24) is 5.32 Å². The number of rotatable bonds is 2. The highest BCUT2D eigenvalue weighted by Crippen LogP contribution is 2.20. The van der Waals surface area contributed by atoms with E-state index in [0.717, 1.165) is 0 Å². The fourth-order valence-electron chi connectivity index (χ4n) is 1.17. The number of carbonyl (C=O) groups excluding carboxylic acids is 3. The molecule has 3 amide bonds. The maximum Gasteiger partial charge on any atom is 0.394 e. The number of benzene rings is 1. The predicted octanol–water partition coefficient (Wildman–Crippen LogP) is -0.606. The van der Waals surface area contributed by atoms with Gasteiger partial charge >= 0.3 is 23.7 Å². The largest absolute Gasteiger partial charge is 0.474 e. The predicted molar refractivity (Wildman–Crippen MR) is 65.4 cm³/mol. The smallest absolute Gasteiger partial charge is 0.394 e. The normalized spacial score (nSPS) is 9.32. The van der Waals surface area contributed by atoms with E-state index in [-0.39, 0.29) is 11.4 Å². The summed E-state index contributed by atoms with van der Waals surface area (Å²) in [7, 11) is 1.29. The lowest BCUT2D eigenvalue weighted by Gasteiger charge is -2.10. The Morgan fingerprint density at radius 2 is 1.37 bits per heavy atom. The second-order valence-corrected chi connectivity index (χ2v) is 3.34. The van der Waals surface area contributed by atoms with Crippen LogP contribution in [-0.4, -0.2) is 35.8 Å². The van der Waals surface area contributed by atoms with Crippen molar-refractivity contribution in [2.45, 2.75) is 0 Å². The Morgan fingerprint density at radius 1 is 0.895 bits per heavy atom. The van der Waals surface area contributed by atoms with Gasteiger partial charge in [0.25, 0.3) is 0 Å². The van der Waals surface area contributed by atoms with E-state index in [2.05, 4.69) is 16.0 Å². The third-order valence-electron chi connectivity index (χ3n) is 2.05. The minimum atomic E-state index is -1.66. The van der Waals surface area contributed by atoms with Gasteiger partial charge in [-0.15, -0.1) is 0 Å². The van der Waals surface area contributed by atoms with Crippen LogP contribution in [0.3, 0.4) is 0 Å². The van der Waals surface area contributed by atoms with E-state index in [1.807, 2.05) is 0 Å². The van der Waals surface area contributed by atoms with Gasteiger partial charge in [0.2, 0.25) is 0 Å². The molecule has 0 atom stereocenters. The molecule has 0 heterocycles. The van der Waals surface area contributed by atoms with Crippen LogP contribution in [0.1, 0.15) is 0 Å². The van der Waals surface area contributed by atoms with Crippen LogP contribution < -0.4 is 16.0 Å². The summed E-state index contributed by atoms with van der Waals surface area (Å²) in [6, 6.07) is 5.89. The zero-order chi connectivity index (χ0) is 14.4. The first-order chi connectivity index (χ1) is 8.95. The molecule has 0 spiro atoms. The van der Waals surface area contributed by atoms with Crippen LogP contribution in [0.5, 0.6) is 0 Å². The van der Waals surface area contributed by atoms with Crippen LogP contribution >= 0.6 is 0 Å². The van der Waals surface area contributed by atoms with Gasteiger partial charge in [-0.3, -0.25) is 14.4 Å². The van der Waals surface area contributed by atoms with Crippen LogP contribution in [-0.2, 0) is 19.2 Å². The van der Waals surface area contributed by atoms with Crippen molar-refractivity contribution in [2.75, 3.05) is 17.7 Å². The van der Waals surface area contributed by atoms with Gasteiger partial charge in [-0.25, -0.2) is 4.79 Å². The van der Waals surface area contributed by atoms with Crippen molar-refractivity contribution in [3.8, 4) is 0 Å². The van der Waals surface area contributed by atoms with E-state index in [0.29, 0.717) is 0 Å². The zero-order valence-electron chi connectivity index (χ0n) is 9.89. The molecule has 1 aromatic carbocycles. The van der Waals surface area contributed by atoms with E-state index < -0.39 is 23.7 Å². The average Bonchev–Trinajstić information content (AvgIpc) is 2.39. The van der Waals surface area contributed by atoms with Crippen molar-refractivity contribution in [3.05, 3.63) is 24.3 Å². The molecule has 0 fully saturated rings. The van der Waals surface area contributed by atoms with Gasteiger partial charge in [0.15, 0.2) is 0 Å². The molecule has 8 heteroatoms. The molecule has 0 saturated carbocycles. The molecule has 8 nitrogen and oxygen atoms in total. The Hall–Kier alpha value is -2.90. The number of carbonyl (C=O) groups is 4. The molecule has 100 valence electrons. The molecule has 0 aliphatic rings. The molecule has 0 radical (unpaired) electrons. The number of para-hydroxylation sites is 2. The highest BCUT2D eigenvalue weighted by Gasteiger charge is 2.16. The van der Waals surface area contributed by atoms with E-state index in [4.69, 9.17) is 5.11 Å². The lowest BCUT2D eigenvalue weighted by Crippen LogP contribution is -2.33. The molecule has 4 N–H and O–H groups in total. The lowest BCUT2D eigenvalue weighted by molar-refractivity contribution is -0.147. The number of hydrogen-bond acceptors (Lipinski definition) is 4. The van der Waals surface area contributed by atoms with Gasteiger partial charge in [-0.1, -0.05) is 12.1 Å². The lowest BCUT2D eigenvalue weighted by atomic mass is 10.2. The van der Waals surface area contributed by atoms with E-state index >= 15 is 0 Å². The van der Waals surface area contributed by atoms with Gasteiger partial charge in [0.1, 0.15) is 0 Å². The van der Waals surface area contributed by atoms with Crippen molar-refractivity contribution >= 4 is 35.1 Å². The van der Waals surface area contributed by atoms with Crippen molar-refractivity contribution in [2.24, 2.45) is 0 Å². The molecule has 1 rings (SSSR count). The van der Waals surface area contributed by atoms with Crippen LogP contribution in [0.15, 0.2) is 24.3 Å². The van der Waals surface area contributed by atoms with Gasteiger partial charge in [-0.2, -0.15) is 0 Å². The first-order valence-electron chi connectivity index (χ1n) is 5.12. The average molecular weight is 265 g/mol.